The molecule has 0 aromatic carbocycles. The van der Waals surface area contributed by atoms with Crippen molar-refractivity contribution < 1.29 is 220 Å². The summed E-state index contributed by atoms with van der Waals surface area (Å²) in [6.07, 6.45) is -19.9. The van der Waals surface area contributed by atoms with Crippen LogP contribution in [0.4, 0.5) is 220 Å². The van der Waals surface area contributed by atoms with Gasteiger partial charge in [-0.2, -0.15) is 220 Å². The Balaban J connectivity index is 5.30. The van der Waals surface area contributed by atoms with Gasteiger partial charge in [0, 0.05) is 20.7 Å². The van der Waals surface area contributed by atoms with Gasteiger partial charge < -0.3 is 0 Å². The molecule has 0 spiro atoms. The van der Waals surface area contributed by atoms with Crippen molar-refractivity contribution in [3.05, 3.63) is 0 Å². The lowest BCUT2D eigenvalue weighted by molar-refractivity contribution is -0.482. The van der Waals surface area contributed by atoms with Crippen LogP contribution in [0.15, 0.2) is 0 Å². The van der Waals surface area contributed by atoms with Crippen molar-refractivity contribution in [1.29, 1.82) is 0 Å². The highest BCUT2D eigenvalue weighted by Gasteiger charge is 3.02. The second-order valence-electron chi connectivity index (χ2n) is 21.7. The molecule has 0 saturated heterocycles. The maximum absolute atomic E-state index is 14.5. The predicted molar refractivity (Wildman–Crippen MR) is 249 cm³/mol. The standard InChI is InChI=1S/C46H42F50I2/c47-23(48,25(51,52)27(55,56)29(59,60)31(63,64)33(67,68)35(71,72)37(75,76)39(79,80)41(83,84)43(87,88)45(91,92)93)19-21(97)17-15-13-11-9-7-5-3-1-2-4-6-8-10-12-14-16-18-22(98)20-24(49,50)26(53,54)28(57,58)30(61,62)32(65,66)34(69,70)36(73,74)38(77,78)40(81,82)42(85,86)44(89,90)46(94,95)96/h21-22H,1-20H2. The first-order valence-corrected chi connectivity index (χ1v) is 28.7. The van der Waals surface area contributed by atoms with E-state index >= 15 is 0 Å². The van der Waals surface area contributed by atoms with E-state index in [1.807, 2.05) is 0 Å². The largest absolute Gasteiger partial charge is 0.460 e. The first-order chi connectivity index (χ1) is 42.5. The molecule has 0 amide bonds. The summed E-state index contributed by atoms with van der Waals surface area (Å²) in [7, 11) is 0. The summed E-state index contributed by atoms with van der Waals surface area (Å²) in [5, 5.41) is 0. The number of alkyl halides is 52. The number of hydrogen-bond acceptors (Lipinski definition) is 0. The van der Waals surface area contributed by atoms with Crippen LogP contribution in [0.25, 0.3) is 0 Å². The van der Waals surface area contributed by atoms with Crippen molar-refractivity contribution in [2.45, 2.75) is 279 Å². The fourth-order valence-corrected chi connectivity index (χ4v) is 10.2. The Morgan fingerprint density at radius 1 is 0.143 bits per heavy atom. The summed E-state index contributed by atoms with van der Waals surface area (Å²) < 4.78 is 684. The molecule has 0 aromatic heterocycles. The zero-order valence-corrected chi connectivity index (χ0v) is 51.3. The molecule has 0 saturated carbocycles. The minimum atomic E-state index is -9.70. The molecule has 2 atom stereocenters. The number of hydrogen-bond donors (Lipinski definition) is 0. The normalized spacial score (nSPS) is 16.9. The maximum Gasteiger partial charge on any atom is 0.460 e. The summed E-state index contributed by atoms with van der Waals surface area (Å²) in [6.45, 7) is 0. The Morgan fingerprint density at radius 2 is 0.245 bits per heavy atom. The van der Waals surface area contributed by atoms with Gasteiger partial charge in [0.1, 0.15) is 0 Å². The van der Waals surface area contributed by atoms with E-state index in [4.69, 9.17) is 0 Å². The molecule has 98 heavy (non-hydrogen) atoms. The van der Waals surface area contributed by atoms with E-state index in [-0.39, 0.29) is 38.5 Å². The van der Waals surface area contributed by atoms with E-state index in [0.717, 1.165) is 45.2 Å². The molecular weight excluding hydrogens is 1760 g/mol. The van der Waals surface area contributed by atoms with Crippen molar-refractivity contribution in [2.24, 2.45) is 0 Å². The van der Waals surface area contributed by atoms with Gasteiger partial charge >= 0.3 is 143 Å². The van der Waals surface area contributed by atoms with Crippen LogP contribution >= 0.6 is 45.2 Å². The molecule has 0 radical (unpaired) electrons. The Bertz CT molecular complexity index is 2350. The van der Waals surface area contributed by atoms with Crippen molar-refractivity contribution in [2.75, 3.05) is 0 Å². The number of halogens is 52. The van der Waals surface area contributed by atoms with Crippen LogP contribution in [0, 0.1) is 0 Å². The van der Waals surface area contributed by atoms with Gasteiger partial charge in [0.2, 0.25) is 0 Å². The van der Waals surface area contributed by atoms with Crippen LogP contribution in [-0.4, -0.2) is 150 Å². The molecular formula is C46H42F50I2. The second kappa shape index (κ2) is 29.7. The first-order valence-electron chi connectivity index (χ1n) is 26.2. The lowest BCUT2D eigenvalue weighted by Gasteiger charge is -2.45. The van der Waals surface area contributed by atoms with Crippen LogP contribution < -0.4 is 0 Å². The summed E-state index contributed by atoms with van der Waals surface area (Å²) in [5.74, 6) is -199. The Labute approximate surface area is 542 Å². The highest BCUT2D eigenvalue weighted by Crippen LogP contribution is 2.71. The van der Waals surface area contributed by atoms with E-state index in [2.05, 4.69) is 0 Å². The van der Waals surface area contributed by atoms with E-state index in [0.29, 0.717) is 64.2 Å². The van der Waals surface area contributed by atoms with Crippen molar-refractivity contribution >= 4 is 45.2 Å². The van der Waals surface area contributed by atoms with Crippen LogP contribution in [0.1, 0.15) is 128 Å². The maximum atomic E-state index is 14.5. The summed E-state index contributed by atoms with van der Waals surface area (Å²) in [4.78, 5) is 0. The molecule has 590 valence electrons. The van der Waals surface area contributed by atoms with Gasteiger partial charge in [0.15, 0.2) is 0 Å². The molecule has 2 unspecified atom stereocenters. The molecule has 52 heteroatoms. The van der Waals surface area contributed by atoms with Gasteiger partial charge in [-0.15, -0.1) is 0 Å². The molecule has 0 heterocycles. The van der Waals surface area contributed by atoms with Gasteiger partial charge in [0.05, 0.1) is 0 Å². The highest BCUT2D eigenvalue weighted by molar-refractivity contribution is 14.1. The fraction of sp³-hybridized carbons (Fsp3) is 1.00. The topological polar surface area (TPSA) is 0 Å². The molecule has 0 aromatic rings. The lowest BCUT2D eigenvalue weighted by atomic mass is 9.84. The van der Waals surface area contributed by atoms with Crippen LogP contribution in [-0.2, 0) is 0 Å². The molecule has 0 aliphatic rings. The lowest BCUT2D eigenvalue weighted by Crippen LogP contribution is -2.78. The second-order valence-corrected chi connectivity index (χ2v) is 25.3. The fourth-order valence-electron chi connectivity index (χ4n) is 8.19. The smallest absolute Gasteiger partial charge is 0.200 e. The monoisotopic (exact) mass is 1800 g/mol. The van der Waals surface area contributed by atoms with Gasteiger partial charge in [-0.1, -0.05) is 148 Å². The van der Waals surface area contributed by atoms with Crippen LogP contribution in [0.2, 0.25) is 0 Å². The Morgan fingerprint density at radius 3 is 0.367 bits per heavy atom. The highest BCUT2D eigenvalue weighted by atomic mass is 127. The molecule has 0 nitrogen and oxygen atoms in total. The van der Waals surface area contributed by atoms with Gasteiger partial charge in [-0.05, 0) is 12.8 Å². The third kappa shape index (κ3) is 15.8. The minimum Gasteiger partial charge on any atom is -0.200 e. The molecule has 0 aliphatic heterocycles. The number of rotatable bonds is 43. The van der Waals surface area contributed by atoms with Crippen LogP contribution in [0.3, 0.4) is 0 Å². The molecule has 0 aliphatic carbocycles. The molecule has 0 rings (SSSR count). The van der Waals surface area contributed by atoms with E-state index in [9.17, 15) is 220 Å². The van der Waals surface area contributed by atoms with Crippen LogP contribution in [0.5, 0.6) is 0 Å². The van der Waals surface area contributed by atoms with Gasteiger partial charge in [-0.25, -0.2) is 0 Å². The average molecular weight is 1800 g/mol. The molecule has 0 fully saturated rings. The number of unbranched alkanes of at least 4 members (excludes halogenated alkanes) is 15. The predicted octanol–water partition coefficient (Wildman–Crippen LogP) is 25.5. The quantitative estimate of drug-likeness (QED) is 0.0247. The first kappa shape index (κ1) is 96.0. The third-order valence-corrected chi connectivity index (χ3v) is 16.6. The zero-order chi connectivity index (χ0) is 79.3. The van der Waals surface area contributed by atoms with Gasteiger partial charge in [-0.3, -0.25) is 0 Å². The van der Waals surface area contributed by atoms with E-state index in [1.165, 1.54) is 0 Å². The van der Waals surface area contributed by atoms with E-state index in [1.54, 1.807) is 0 Å². The molecule has 0 N–H and O–H groups in total. The minimum absolute atomic E-state index is 0.0536. The average Bonchev–Trinajstić information content (AvgIpc) is 0.689. The summed E-state index contributed by atoms with van der Waals surface area (Å²) >= 11 is 1.44. The van der Waals surface area contributed by atoms with Crippen molar-refractivity contribution in [3.8, 4) is 0 Å². The summed E-state index contributed by atoms with van der Waals surface area (Å²) in [6, 6.07) is 0. The SMILES string of the molecule is FC(F)(F)C(F)(F)C(F)(F)C(F)(F)C(F)(F)C(F)(F)C(F)(F)C(F)(F)C(F)(F)C(F)(F)C(F)(F)C(F)(F)CC(I)CCCCCCCCCCCCCCCCCCC(I)CC(F)(F)C(F)(F)C(F)(F)C(F)(F)C(F)(F)C(F)(F)C(F)(F)C(F)(F)C(F)(F)C(F)(F)C(F)(F)C(F)(F)F. The zero-order valence-electron chi connectivity index (χ0n) is 47.0. The summed E-state index contributed by atoms with van der Waals surface area (Å²) in [5.41, 5.74) is 0. The van der Waals surface area contributed by atoms with Gasteiger partial charge in [0.25, 0.3) is 0 Å². The Kier molecular flexibility index (Phi) is 29.1. The van der Waals surface area contributed by atoms with E-state index < -0.39 is 176 Å². The molecule has 0 bridgehead atoms. The van der Waals surface area contributed by atoms with Crippen molar-refractivity contribution in [1.82, 2.24) is 0 Å². The van der Waals surface area contributed by atoms with Crippen molar-refractivity contribution in [3.63, 3.8) is 0 Å². The third-order valence-electron chi connectivity index (χ3n) is 14.5. The Hall–Kier alpha value is -2.04.